The Morgan fingerprint density at radius 1 is 1.19 bits per heavy atom. The summed E-state index contributed by atoms with van der Waals surface area (Å²) in [5, 5.41) is 10.1. The number of carbonyl (C=O) groups excluding carboxylic acids is 1. The van der Waals surface area contributed by atoms with E-state index in [9.17, 15) is 4.79 Å². The zero-order valence-corrected chi connectivity index (χ0v) is 12.6. The van der Waals surface area contributed by atoms with Gasteiger partial charge < -0.3 is 10.6 Å². The van der Waals surface area contributed by atoms with Crippen LogP contribution in [0.3, 0.4) is 0 Å². The Kier molecular flexibility index (Phi) is 5.37. The molecule has 0 fully saturated rings. The standard InChI is InChI=1S/C16H22N4O/c1-13-11-14(2)20(19-13)10-6-9-17-16(21)18-12-15-7-4-3-5-8-15/h3-5,7-8,11H,6,9-10,12H2,1-2H3,(H2,17,18,21). The second kappa shape index (κ2) is 7.47. The highest BCUT2D eigenvalue weighted by atomic mass is 16.2. The van der Waals surface area contributed by atoms with Crippen molar-refractivity contribution in [3.8, 4) is 0 Å². The number of aryl methyl sites for hydroxylation is 3. The third-order valence-corrected chi connectivity index (χ3v) is 3.23. The molecular weight excluding hydrogens is 264 g/mol. The third-order valence-electron chi connectivity index (χ3n) is 3.23. The molecule has 112 valence electrons. The molecule has 0 saturated carbocycles. The Hall–Kier alpha value is -2.30. The fraction of sp³-hybridized carbons (Fsp3) is 0.375. The van der Waals surface area contributed by atoms with Crippen LogP contribution in [0.4, 0.5) is 4.79 Å². The molecule has 1 aromatic heterocycles. The van der Waals surface area contributed by atoms with E-state index >= 15 is 0 Å². The molecule has 0 aliphatic heterocycles. The molecule has 0 bridgehead atoms. The summed E-state index contributed by atoms with van der Waals surface area (Å²) in [5.74, 6) is 0. The van der Waals surface area contributed by atoms with Crippen LogP contribution in [0.15, 0.2) is 36.4 Å². The summed E-state index contributed by atoms with van der Waals surface area (Å²) in [6, 6.07) is 11.8. The van der Waals surface area contributed by atoms with Crippen molar-refractivity contribution >= 4 is 6.03 Å². The van der Waals surface area contributed by atoms with Gasteiger partial charge in [0.15, 0.2) is 0 Å². The Morgan fingerprint density at radius 2 is 1.95 bits per heavy atom. The van der Waals surface area contributed by atoms with Gasteiger partial charge in [0, 0.05) is 25.3 Å². The number of nitrogens with zero attached hydrogens (tertiary/aromatic N) is 2. The van der Waals surface area contributed by atoms with Crippen molar-refractivity contribution < 1.29 is 4.79 Å². The van der Waals surface area contributed by atoms with E-state index in [-0.39, 0.29) is 6.03 Å². The lowest BCUT2D eigenvalue weighted by atomic mass is 10.2. The zero-order chi connectivity index (χ0) is 15.1. The van der Waals surface area contributed by atoms with Crippen LogP contribution in [0.1, 0.15) is 23.4 Å². The van der Waals surface area contributed by atoms with E-state index in [1.165, 1.54) is 0 Å². The summed E-state index contributed by atoms with van der Waals surface area (Å²) in [6.45, 7) is 6.03. The van der Waals surface area contributed by atoms with E-state index in [2.05, 4.69) is 21.8 Å². The van der Waals surface area contributed by atoms with Crippen molar-refractivity contribution in [1.82, 2.24) is 20.4 Å². The van der Waals surface area contributed by atoms with E-state index in [0.717, 1.165) is 29.9 Å². The van der Waals surface area contributed by atoms with Gasteiger partial charge in [-0.15, -0.1) is 0 Å². The van der Waals surface area contributed by atoms with Gasteiger partial charge in [-0.25, -0.2) is 4.79 Å². The average molecular weight is 286 g/mol. The van der Waals surface area contributed by atoms with Crippen molar-refractivity contribution in [2.75, 3.05) is 6.54 Å². The van der Waals surface area contributed by atoms with Crippen molar-refractivity contribution in [3.63, 3.8) is 0 Å². The van der Waals surface area contributed by atoms with Gasteiger partial charge in [-0.2, -0.15) is 5.10 Å². The summed E-state index contributed by atoms with van der Waals surface area (Å²) >= 11 is 0. The Balaban J connectivity index is 1.62. The van der Waals surface area contributed by atoms with E-state index in [1.54, 1.807) is 0 Å². The minimum absolute atomic E-state index is 0.132. The summed E-state index contributed by atoms with van der Waals surface area (Å²) in [4.78, 5) is 11.7. The van der Waals surface area contributed by atoms with Crippen molar-refractivity contribution in [1.29, 1.82) is 0 Å². The van der Waals surface area contributed by atoms with Crippen molar-refractivity contribution in [2.45, 2.75) is 33.4 Å². The molecule has 0 spiro atoms. The smallest absolute Gasteiger partial charge is 0.315 e. The van der Waals surface area contributed by atoms with Gasteiger partial charge in [-0.1, -0.05) is 30.3 Å². The molecule has 5 nitrogen and oxygen atoms in total. The number of hydrogen-bond donors (Lipinski definition) is 2. The number of benzene rings is 1. The second-order valence-corrected chi connectivity index (χ2v) is 5.10. The third kappa shape index (κ3) is 4.95. The number of urea groups is 1. The first kappa shape index (κ1) is 15.1. The Morgan fingerprint density at radius 3 is 2.62 bits per heavy atom. The highest BCUT2D eigenvalue weighted by Gasteiger charge is 2.02. The molecule has 0 unspecified atom stereocenters. The molecule has 5 heteroatoms. The number of nitrogens with one attached hydrogen (secondary N) is 2. The Labute approximate surface area is 125 Å². The lowest BCUT2D eigenvalue weighted by molar-refractivity contribution is 0.240. The minimum atomic E-state index is -0.132. The largest absolute Gasteiger partial charge is 0.338 e. The van der Waals surface area contributed by atoms with Gasteiger partial charge in [0.1, 0.15) is 0 Å². The van der Waals surface area contributed by atoms with Crippen LogP contribution in [-0.4, -0.2) is 22.4 Å². The predicted molar refractivity (Wildman–Crippen MR) is 83.0 cm³/mol. The fourth-order valence-corrected chi connectivity index (χ4v) is 2.17. The maximum Gasteiger partial charge on any atom is 0.315 e. The number of hydrogen-bond acceptors (Lipinski definition) is 2. The molecule has 0 saturated heterocycles. The molecule has 21 heavy (non-hydrogen) atoms. The second-order valence-electron chi connectivity index (χ2n) is 5.10. The van der Waals surface area contributed by atoms with Crippen LogP contribution in [0, 0.1) is 13.8 Å². The lowest BCUT2D eigenvalue weighted by Gasteiger charge is -2.08. The van der Waals surface area contributed by atoms with Gasteiger partial charge >= 0.3 is 6.03 Å². The topological polar surface area (TPSA) is 59.0 Å². The van der Waals surface area contributed by atoms with E-state index in [0.29, 0.717) is 13.1 Å². The summed E-state index contributed by atoms with van der Waals surface area (Å²) in [7, 11) is 0. The van der Waals surface area contributed by atoms with Crippen LogP contribution in [0.2, 0.25) is 0 Å². The molecule has 0 aliphatic carbocycles. The molecule has 0 atom stereocenters. The van der Waals surface area contributed by atoms with Crippen LogP contribution in [0.5, 0.6) is 0 Å². The van der Waals surface area contributed by atoms with Gasteiger partial charge in [-0.05, 0) is 31.9 Å². The van der Waals surface area contributed by atoms with Crippen molar-refractivity contribution in [2.24, 2.45) is 0 Å². The van der Waals surface area contributed by atoms with Gasteiger partial charge in [-0.3, -0.25) is 4.68 Å². The molecule has 0 aliphatic rings. The lowest BCUT2D eigenvalue weighted by Crippen LogP contribution is -2.35. The van der Waals surface area contributed by atoms with Gasteiger partial charge in [0.25, 0.3) is 0 Å². The Bertz CT molecular complexity index is 577. The monoisotopic (exact) mass is 286 g/mol. The quantitative estimate of drug-likeness (QED) is 0.801. The number of amides is 2. The average Bonchev–Trinajstić information content (AvgIpc) is 2.80. The molecule has 2 rings (SSSR count). The SMILES string of the molecule is Cc1cc(C)n(CCCNC(=O)NCc2ccccc2)n1. The first-order chi connectivity index (χ1) is 10.1. The van der Waals surface area contributed by atoms with E-state index in [1.807, 2.05) is 48.9 Å². The maximum absolute atomic E-state index is 11.7. The first-order valence-corrected chi connectivity index (χ1v) is 7.22. The molecule has 2 N–H and O–H groups in total. The minimum Gasteiger partial charge on any atom is -0.338 e. The molecule has 2 aromatic rings. The van der Waals surface area contributed by atoms with Crippen LogP contribution < -0.4 is 10.6 Å². The van der Waals surface area contributed by atoms with Crippen molar-refractivity contribution in [3.05, 3.63) is 53.3 Å². The molecule has 0 radical (unpaired) electrons. The summed E-state index contributed by atoms with van der Waals surface area (Å²) in [5.41, 5.74) is 3.28. The maximum atomic E-state index is 11.7. The molecular formula is C16H22N4O. The van der Waals surface area contributed by atoms with Gasteiger partial charge in [0.2, 0.25) is 0 Å². The molecule has 1 heterocycles. The van der Waals surface area contributed by atoms with E-state index < -0.39 is 0 Å². The number of aromatic nitrogens is 2. The van der Waals surface area contributed by atoms with Crippen LogP contribution in [-0.2, 0) is 13.1 Å². The molecule has 1 aromatic carbocycles. The highest BCUT2D eigenvalue weighted by Crippen LogP contribution is 2.02. The number of rotatable bonds is 6. The number of carbonyl (C=O) groups is 1. The zero-order valence-electron chi connectivity index (χ0n) is 12.6. The first-order valence-electron chi connectivity index (χ1n) is 7.22. The molecule has 2 amide bonds. The van der Waals surface area contributed by atoms with E-state index in [4.69, 9.17) is 0 Å². The summed E-state index contributed by atoms with van der Waals surface area (Å²) in [6.07, 6.45) is 0.862. The summed E-state index contributed by atoms with van der Waals surface area (Å²) < 4.78 is 1.97. The van der Waals surface area contributed by atoms with Crippen LogP contribution in [0.25, 0.3) is 0 Å². The normalized spacial score (nSPS) is 10.4. The fourth-order valence-electron chi connectivity index (χ4n) is 2.17. The van der Waals surface area contributed by atoms with Crippen LogP contribution >= 0.6 is 0 Å². The highest BCUT2D eigenvalue weighted by molar-refractivity contribution is 5.73. The predicted octanol–water partition coefficient (Wildman–Crippen LogP) is 2.39. The van der Waals surface area contributed by atoms with Gasteiger partial charge in [0.05, 0.1) is 5.69 Å².